The third-order valence-corrected chi connectivity index (χ3v) is 2.43. The molecule has 0 amide bonds. The van der Waals surface area contributed by atoms with Gasteiger partial charge in [-0.15, -0.1) is 0 Å². The standard InChI is InChI=1S/C12H22O2/c1-4-5-12(14)9-7-10(2)6-8-11(3)13/h10H,4-9H2,1-3H3. The van der Waals surface area contributed by atoms with Crippen LogP contribution in [0.2, 0.25) is 0 Å². The van der Waals surface area contributed by atoms with E-state index in [1.807, 2.05) is 6.92 Å². The van der Waals surface area contributed by atoms with E-state index in [1.54, 1.807) is 6.92 Å². The van der Waals surface area contributed by atoms with Crippen molar-refractivity contribution in [3.05, 3.63) is 0 Å². The summed E-state index contributed by atoms with van der Waals surface area (Å²) in [6.07, 6.45) is 4.86. The SMILES string of the molecule is CCCC(=O)CCC(C)CCC(C)=O. The molecule has 0 saturated carbocycles. The minimum Gasteiger partial charge on any atom is -0.300 e. The lowest BCUT2D eigenvalue weighted by atomic mass is 9.96. The molecule has 0 bridgehead atoms. The molecule has 1 unspecified atom stereocenters. The second-order valence-corrected chi connectivity index (χ2v) is 4.17. The first-order chi connectivity index (χ1) is 6.56. The Morgan fingerprint density at radius 3 is 2.14 bits per heavy atom. The third-order valence-electron chi connectivity index (χ3n) is 2.43. The summed E-state index contributed by atoms with van der Waals surface area (Å²) in [5.74, 6) is 1.11. The van der Waals surface area contributed by atoms with Crippen LogP contribution in [0.3, 0.4) is 0 Å². The van der Waals surface area contributed by atoms with Gasteiger partial charge in [0, 0.05) is 19.3 Å². The van der Waals surface area contributed by atoms with Gasteiger partial charge in [-0.3, -0.25) is 4.79 Å². The van der Waals surface area contributed by atoms with E-state index in [4.69, 9.17) is 0 Å². The molecule has 2 heteroatoms. The highest BCUT2D eigenvalue weighted by Crippen LogP contribution is 2.13. The zero-order chi connectivity index (χ0) is 11.0. The fourth-order valence-electron chi connectivity index (χ4n) is 1.41. The van der Waals surface area contributed by atoms with Gasteiger partial charge < -0.3 is 4.79 Å². The van der Waals surface area contributed by atoms with E-state index in [2.05, 4.69) is 6.92 Å². The Labute approximate surface area is 87.1 Å². The van der Waals surface area contributed by atoms with E-state index < -0.39 is 0 Å². The van der Waals surface area contributed by atoms with Crippen molar-refractivity contribution in [2.24, 2.45) is 5.92 Å². The van der Waals surface area contributed by atoms with Crippen LogP contribution in [0.25, 0.3) is 0 Å². The van der Waals surface area contributed by atoms with E-state index in [-0.39, 0.29) is 5.78 Å². The zero-order valence-electron chi connectivity index (χ0n) is 9.64. The topological polar surface area (TPSA) is 34.1 Å². The van der Waals surface area contributed by atoms with Crippen molar-refractivity contribution < 1.29 is 9.59 Å². The molecule has 14 heavy (non-hydrogen) atoms. The monoisotopic (exact) mass is 198 g/mol. The van der Waals surface area contributed by atoms with Crippen molar-refractivity contribution in [2.45, 2.75) is 59.3 Å². The molecule has 0 aromatic rings. The molecule has 0 rings (SSSR count). The predicted molar refractivity (Wildman–Crippen MR) is 58.2 cm³/mol. The van der Waals surface area contributed by atoms with Crippen LogP contribution in [0, 0.1) is 5.92 Å². The molecular formula is C12H22O2. The lowest BCUT2D eigenvalue weighted by Gasteiger charge is -2.08. The number of Topliss-reactive ketones (excluding diaryl/α,β-unsaturated/α-hetero) is 2. The predicted octanol–water partition coefficient (Wildman–Crippen LogP) is 3.14. The molecule has 0 aliphatic heterocycles. The molecule has 0 fully saturated rings. The molecule has 0 saturated heterocycles. The maximum Gasteiger partial charge on any atom is 0.132 e. The highest BCUT2D eigenvalue weighted by Gasteiger charge is 2.07. The number of hydrogen-bond acceptors (Lipinski definition) is 2. The molecule has 0 heterocycles. The highest BCUT2D eigenvalue weighted by atomic mass is 16.1. The summed E-state index contributed by atoms with van der Waals surface area (Å²) in [4.78, 5) is 21.9. The van der Waals surface area contributed by atoms with E-state index in [0.29, 0.717) is 31.0 Å². The van der Waals surface area contributed by atoms with Crippen LogP contribution >= 0.6 is 0 Å². The molecule has 0 aliphatic carbocycles. The van der Waals surface area contributed by atoms with E-state index >= 15 is 0 Å². The first kappa shape index (κ1) is 13.3. The Balaban J connectivity index is 3.48. The van der Waals surface area contributed by atoms with E-state index in [0.717, 1.165) is 19.3 Å². The Bertz CT molecular complexity index is 185. The molecule has 0 aromatic carbocycles. The normalized spacial score (nSPS) is 12.5. The summed E-state index contributed by atoms with van der Waals surface area (Å²) in [5, 5.41) is 0. The second kappa shape index (κ2) is 7.72. The van der Waals surface area contributed by atoms with Gasteiger partial charge in [-0.2, -0.15) is 0 Å². The van der Waals surface area contributed by atoms with Crippen molar-refractivity contribution in [1.82, 2.24) is 0 Å². The minimum absolute atomic E-state index is 0.247. The van der Waals surface area contributed by atoms with Gasteiger partial charge in [0.15, 0.2) is 0 Å². The van der Waals surface area contributed by atoms with Crippen LogP contribution in [-0.4, -0.2) is 11.6 Å². The summed E-state index contributed by atoms with van der Waals surface area (Å²) in [7, 11) is 0. The molecule has 0 N–H and O–H groups in total. The summed E-state index contributed by atoms with van der Waals surface area (Å²) in [6, 6.07) is 0. The lowest BCUT2D eigenvalue weighted by Crippen LogP contribution is -2.03. The largest absolute Gasteiger partial charge is 0.300 e. The number of rotatable bonds is 8. The van der Waals surface area contributed by atoms with Gasteiger partial charge in [0.05, 0.1) is 0 Å². The second-order valence-electron chi connectivity index (χ2n) is 4.17. The van der Waals surface area contributed by atoms with Crippen molar-refractivity contribution in [2.75, 3.05) is 0 Å². The molecular weight excluding hydrogens is 176 g/mol. The molecule has 0 spiro atoms. The quantitative estimate of drug-likeness (QED) is 0.600. The van der Waals surface area contributed by atoms with Crippen LogP contribution in [0.4, 0.5) is 0 Å². The summed E-state index contributed by atoms with van der Waals surface area (Å²) in [5.41, 5.74) is 0. The Hall–Kier alpha value is -0.660. The van der Waals surface area contributed by atoms with Gasteiger partial charge in [0.2, 0.25) is 0 Å². The van der Waals surface area contributed by atoms with Crippen molar-refractivity contribution in [3.8, 4) is 0 Å². The summed E-state index contributed by atoms with van der Waals surface area (Å²) >= 11 is 0. The van der Waals surface area contributed by atoms with Crippen LogP contribution in [0.1, 0.15) is 59.3 Å². The maximum absolute atomic E-state index is 11.2. The molecule has 1 atom stereocenters. The van der Waals surface area contributed by atoms with Gasteiger partial charge >= 0.3 is 0 Å². The van der Waals surface area contributed by atoms with Crippen LogP contribution < -0.4 is 0 Å². The van der Waals surface area contributed by atoms with Crippen molar-refractivity contribution >= 4 is 11.6 Å². The first-order valence-corrected chi connectivity index (χ1v) is 5.57. The number of carbonyl (C=O) groups excluding carboxylic acids is 2. The third kappa shape index (κ3) is 7.96. The molecule has 2 nitrogen and oxygen atoms in total. The lowest BCUT2D eigenvalue weighted by molar-refractivity contribution is -0.119. The zero-order valence-corrected chi connectivity index (χ0v) is 9.64. The van der Waals surface area contributed by atoms with Crippen LogP contribution in [0.15, 0.2) is 0 Å². The molecule has 0 aromatic heterocycles. The highest BCUT2D eigenvalue weighted by molar-refractivity contribution is 5.78. The fraction of sp³-hybridized carbons (Fsp3) is 0.833. The number of ketones is 2. The molecule has 0 aliphatic rings. The van der Waals surface area contributed by atoms with Gasteiger partial charge in [-0.25, -0.2) is 0 Å². The van der Waals surface area contributed by atoms with E-state index in [1.165, 1.54) is 0 Å². The smallest absolute Gasteiger partial charge is 0.132 e. The summed E-state index contributed by atoms with van der Waals surface area (Å²) in [6.45, 7) is 5.76. The average molecular weight is 198 g/mol. The van der Waals surface area contributed by atoms with Crippen LogP contribution in [-0.2, 0) is 9.59 Å². The number of hydrogen-bond donors (Lipinski definition) is 0. The van der Waals surface area contributed by atoms with Gasteiger partial charge in [0.25, 0.3) is 0 Å². The first-order valence-electron chi connectivity index (χ1n) is 5.57. The molecule has 0 radical (unpaired) electrons. The van der Waals surface area contributed by atoms with E-state index in [9.17, 15) is 9.59 Å². The maximum atomic E-state index is 11.2. The Kier molecular flexibility index (Phi) is 7.35. The minimum atomic E-state index is 0.247. The number of carbonyl (C=O) groups is 2. The molecule has 82 valence electrons. The fourth-order valence-corrected chi connectivity index (χ4v) is 1.41. The average Bonchev–Trinajstić information content (AvgIpc) is 2.12. The Morgan fingerprint density at radius 1 is 1.07 bits per heavy atom. The Morgan fingerprint density at radius 2 is 1.64 bits per heavy atom. The van der Waals surface area contributed by atoms with Gasteiger partial charge in [0.1, 0.15) is 11.6 Å². The van der Waals surface area contributed by atoms with Crippen LogP contribution in [0.5, 0.6) is 0 Å². The van der Waals surface area contributed by atoms with Crippen molar-refractivity contribution in [1.29, 1.82) is 0 Å². The van der Waals surface area contributed by atoms with Gasteiger partial charge in [-0.1, -0.05) is 13.8 Å². The van der Waals surface area contributed by atoms with Crippen molar-refractivity contribution in [3.63, 3.8) is 0 Å². The summed E-state index contributed by atoms with van der Waals surface area (Å²) < 4.78 is 0. The van der Waals surface area contributed by atoms with Gasteiger partial charge in [-0.05, 0) is 32.1 Å².